The number of carbonyl (C=O) groups excluding carboxylic acids is 1. The van der Waals surface area contributed by atoms with Crippen molar-refractivity contribution >= 4 is 15.9 Å². The zero-order valence-corrected chi connectivity index (χ0v) is 13.4. The fourth-order valence-corrected chi connectivity index (χ4v) is 4.08. The van der Waals surface area contributed by atoms with Crippen molar-refractivity contribution in [1.82, 2.24) is 15.0 Å². The number of carbonyl (C=O) groups is 1. The number of nitrogens with one attached hydrogen (secondary N) is 2. The minimum absolute atomic E-state index is 0.126. The molecule has 0 spiro atoms. The minimum atomic E-state index is -3.39. The van der Waals surface area contributed by atoms with Gasteiger partial charge in [-0.05, 0) is 30.9 Å². The molecular formula is C15H23N3O3S. The van der Waals surface area contributed by atoms with Crippen molar-refractivity contribution in [2.45, 2.75) is 38.6 Å². The lowest BCUT2D eigenvalue weighted by Gasteiger charge is -2.21. The summed E-state index contributed by atoms with van der Waals surface area (Å²) in [5.41, 5.74) is 0.737. The van der Waals surface area contributed by atoms with Gasteiger partial charge in [0.25, 0.3) is 0 Å². The minimum Gasteiger partial charge on any atom is -0.349 e. The average Bonchev–Trinajstić information content (AvgIpc) is 2.53. The Kier molecular flexibility index (Phi) is 6.33. The largest absolute Gasteiger partial charge is 0.349 e. The molecule has 7 heteroatoms. The Balaban J connectivity index is 1.70. The van der Waals surface area contributed by atoms with Gasteiger partial charge in [-0.3, -0.25) is 9.78 Å². The van der Waals surface area contributed by atoms with E-state index in [9.17, 15) is 13.2 Å². The van der Waals surface area contributed by atoms with E-state index in [2.05, 4.69) is 15.0 Å². The molecule has 0 saturated heterocycles. The number of nitrogens with zero attached hydrogens (tertiary/aromatic N) is 1. The first kappa shape index (κ1) is 16.9. The maximum atomic E-state index is 12.0. The second-order valence-corrected chi connectivity index (χ2v) is 7.56. The molecule has 1 saturated carbocycles. The topological polar surface area (TPSA) is 88.2 Å². The van der Waals surface area contributed by atoms with Gasteiger partial charge in [-0.1, -0.05) is 25.3 Å². The van der Waals surface area contributed by atoms with Gasteiger partial charge in [0, 0.05) is 6.20 Å². The van der Waals surface area contributed by atoms with Gasteiger partial charge in [0.2, 0.25) is 15.9 Å². The lowest BCUT2D eigenvalue weighted by molar-refractivity contribution is -0.120. The van der Waals surface area contributed by atoms with E-state index in [1.54, 1.807) is 18.3 Å². The summed E-state index contributed by atoms with van der Waals surface area (Å²) in [7, 11) is -3.39. The summed E-state index contributed by atoms with van der Waals surface area (Å²) in [5, 5.41) is 2.65. The van der Waals surface area contributed by atoms with Crippen molar-refractivity contribution in [1.29, 1.82) is 0 Å². The van der Waals surface area contributed by atoms with Crippen molar-refractivity contribution in [3.05, 3.63) is 30.1 Å². The first-order valence-corrected chi connectivity index (χ1v) is 9.34. The number of amides is 1. The molecule has 22 heavy (non-hydrogen) atoms. The third-order valence-corrected chi connectivity index (χ3v) is 5.32. The molecule has 1 aliphatic rings. The molecule has 0 aromatic carbocycles. The molecule has 2 rings (SSSR count). The average molecular weight is 325 g/mol. The summed E-state index contributed by atoms with van der Waals surface area (Å²) in [6.45, 7) is 0.0753. The van der Waals surface area contributed by atoms with Gasteiger partial charge >= 0.3 is 0 Å². The smallest absolute Gasteiger partial charge is 0.235 e. The zero-order valence-electron chi connectivity index (χ0n) is 12.6. The highest BCUT2D eigenvalue weighted by molar-refractivity contribution is 7.89. The summed E-state index contributed by atoms with van der Waals surface area (Å²) in [4.78, 5) is 15.8. The van der Waals surface area contributed by atoms with Crippen LogP contribution < -0.4 is 10.0 Å². The maximum absolute atomic E-state index is 12.0. The molecular weight excluding hydrogens is 302 g/mol. The molecule has 1 aromatic rings. The Morgan fingerprint density at radius 3 is 2.68 bits per heavy atom. The second kappa shape index (κ2) is 8.24. The molecule has 0 aliphatic heterocycles. The fourth-order valence-electron chi connectivity index (χ4n) is 2.65. The second-order valence-electron chi connectivity index (χ2n) is 5.70. The predicted octanol–water partition coefficient (Wildman–Crippen LogP) is 1.20. The lowest BCUT2D eigenvalue weighted by Crippen LogP contribution is -2.39. The van der Waals surface area contributed by atoms with Gasteiger partial charge in [-0.25, -0.2) is 13.1 Å². The Hall–Kier alpha value is -1.47. The van der Waals surface area contributed by atoms with Crippen LogP contribution in [-0.4, -0.2) is 31.6 Å². The number of rotatable bonds is 7. The highest BCUT2D eigenvalue weighted by atomic mass is 32.2. The Bertz CT molecular complexity index is 569. The molecule has 6 nitrogen and oxygen atoms in total. The zero-order chi connectivity index (χ0) is 15.8. The molecule has 1 aromatic heterocycles. The highest BCUT2D eigenvalue weighted by Gasteiger charge is 2.21. The van der Waals surface area contributed by atoms with Crippen LogP contribution >= 0.6 is 0 Å². The van der Waals surface area contributed by atoms with Crippen LogP contribution in [-0.2, 0) is 21.4 Å². The maximum Gasteiger partial charge on any atom is 0.235 e. The van der Waals surface area contributed by atoms with Crippen LogP contribution in [0.15, 0.2) is 24.4 Å². The van der Waals surface area contributed by atoms with E-state index in [-0.39, 0.29) is 24.1 Å². The monoisotopic (exact) mass is 325 g/mol. The Morgan fingerprint density at radius 2 is 2.00 bits per heavy atom. The number of aromatic nitrogens is 1. The number of sulfonamides is 1. The molecule has 1 fully saturated rings. The Morgan fingerprint density at radius 1 is 1.23 bits per heavy atom. The van der Waals surface area contributed by atoms with Crippen LogP contribution in [0.4, 0.5) is 0 Å². The molecule has 0 radical (unpaired) electrons. The van der Waals surface area contributed by atoms with E-state index in [4.69, 9.17) is 0 Å². The summed E-state index contributed by atoms with van der Waals surface area (Å²) in [5.74, 6) is 0.00117. The van der Waals surface area contributed by atoms with Crippen molar-refractivity contribution < 1.29 is 13.2 Å². The fraction of sp³-hybridized carbons (Fsp3) is 0.600. The van der Waals surface area contributed by atoms with Crippen molar-refractivity contribution in [2.24, 2.45) is 5.92 Å². The van der Waals surface area contributed by atoms with Crippen molar-refractivity contribution in [3.8, 4) is 0 Å². The molecule has 0 atom stereocenters. The van der Waals surface area contributed by atoms with Gasteiger partial charge in [-0.15, -0.1) is 0 Å². The van der Waals surface area contributed by atoms with E-state index in [0.717, 1.165) is 31.4 Å². The SMILES string of the molecule is O=C(CNS(=O)(=O)CC1CCCCC1)NCc1ccccn1. The van der Waals surface area contributed by atoms with Crippen LogP contribution in [0.25, 0.3) is 0 Å². The molecule has 0 bridgehead atoms. The molecule has 0 unspecified atom stereocenters. The van der Waals surface area contributed by atoms with Gasteiger partial charge in [0.1, 0.15) is 0 Å². The number of hydrogen-bond acceptors (Lipinski definition) is 4. The normalized spacial score (nSPS) is 16.4. The molecule has 122 valence electrons. The van der Waals surface area contributed by atoms with E-state index >= 15 is 0 Å². The third-order valence-electron chi connectivity index (χ3n) is 3.83. The first-order chi connectivity index (χ1) is 10.6. The van der Waals surface area contributed by atoms with Crippen molar-refractivity contribution in [2.75, 3.05) is 12.3 Å². The van der Waals surface area contributed by atoms with Gasteiger partial charge in [0.05, 0.1) is 24.5 Å². The predicted molar refractivity (Wildman–Crippen MR) is 84.4 cm³/mol. The Labute approximate surface area is 131 Å². The summed E-state index contributed by atoms with van der Waals surface area (Å²) < 4.78 is 26.3. The van der Waals surface area contributed by atoms with E-state index in [0.29, 0.717) is 6.54 Å². The standard InChI is InChI=1S/C15H23N3O3S/c19-15(17-10-14-8-4-5-9-16-14)11-18-22(20,21)12-13-6-2-1-3-7-13/h4-5,8-9,13,18H,1-3,6-7,10-12H2,(H,17,19). The van der Waals surface area contributed by atoms with Crippen molar-refractivity contribution in [3.63, 3.8) is 0 Å². The van der Waals surface area contributed by atoms with Crippen LogP contribution in [0.5, 0.6) is 0 Å². The molecule has 1 amide bonds. The molecule has 1 heterocycles. The van der Waals surface area contributed by atoms with Crippen LogP contribution in [0, 0.1) is 5.92 Å². The number of pyridine rings is 1. The molecule has 2 N–H and O–H groups in total. The lowest BCUT2D eigenvalue weighted by atomic mass is 9.91. The third kappa shape index (κ3) is 6.11. The summed E-state index contributed by atoms with van der Waals surface area (Å²) in [6, 6.07) is 5.43. The van der Waals surface area contributed by atoms with E-state index < -0.39 is 10.0 Å². The first-order valence-electron chi connectivity index (χ1n) is 7.69. The molecule has 1 aliphatic carbocycles. The van der Waals surface area contributed by atoms with E-state index in [1.165, 1.54) is 6.42 Å². The van der Waals surface area contributed by atoms with Crippen LogP contribution in [0.1, 0.15) is 37.8 Å². The van der Waals surface area contributed by atoms with Gasteiger partial charge in [-0.2, -0.15) is 0 Å². The quantitative estimate of drug-likeness (QED) is 0.788. The number of hydrogen-bond donors (Lipinski definition) is 2. The van der Waals surface area contributed by atoms with Crippen LogP contribution in [0.2, 0.25) is 0 Å². The highest BCUT2D eigenvalue weighted by Crippen LogP contribution is 2.24. The van der Waals surface area contributed by atoms with Crippen LogP contribution in [0.3, 0.4) is 0 Å². The van der Waals surface area contributed by atoms with Gasteiger partial charge < -0.3 is 5.32 Å². The van der Waals surface area contributed by atoms with Gasteiger partial charge in [0.15, 0.2) is 0 Å². The summed E-state index contributed by atoms with van der Waals surface area (Å²) >= 11 is 0. The summed E-state index contributed by atoms with van der Waals surface area (Å²) in [6.07, 6.45) is 6.98. The van der Waals surface area contributed by atoms with E-state index in [1.807, 2.05) is 6.07 Å².